The Labute approximate surface area is 140 Å². The molecule has 1 aromatic rings. The molecule has 1 aliphatic rings. The van der Waals surface area contributed by atoms with Crippen LogP contribution in [0.4, 0.5) is 5.82 Å². The molecule has 3 unspecified atom stereocenters. The van der Waals surface area contributed by atoms with Gasteiger partial charge in [-0.1, -0.05) is 6.92 Å². The predicted molar refractivity (Wildman–Crippen MR) is 87.9 cm³/mol. The highest BCUT2D eigenvalue weighted by Crippen LogP contribution is 2.17. The quantitative estimate of drug-likeness (QED) is 0.577. The zero-order chi connectivity index (χ0) is 17.9. The average molecular weight is 336 g/mol. The van der Waals surface area contributed by atoms with Gasteiger partial charge in [0.15, 0.2) is 6.29 Å². The van der Waals surface area contributed by atoms with Crippen LogP contribution in [0.2, 0.25) is 0 Å². The zero-order valence-electron chi connectivity index (χ0n) is 14.3. The Hall–Kier alpha value is -2.42. The van der Waals surface area contributed by atoms with E-state index in [1.165, 1.54) is 4.68 Å². The van der Waals surface area contributed by atoms with E-state index in [4.69, 9.17) is 0 Å². The van der Waals surface area contributed by atoms with Crippen molar-refractivity contribution in [3.05, 3.63) is 11.8 Å². The summed E-state index contributed by atoms with van der Waals surface area (Å²) in [6.07, 6.45) is 0.518. The van der Waals surface area contributed by atoms with E-state index in [2.05, 4.69) is 26.4 Å². The molecular weight excluding hydrogens is 312 g/mol. The molecule has 132 valence electrons. The summed E-state index contributed by atoms with van der Waals surface area (Å²) in [5, 5.41) is 15.4. The van der Waals surface area contributed by atoms with E-state index in [0.29, 0.717) is 17.9 Å². The van der Waals surface area contributed by atoms with Crippen LogP contribution in [0, 0.1) is 6.92 Å². The Bertz CT molecular complexity index is 641. The molecule has 4 N–H and O–H groups in total. The van der Waals surface area contributed by atoms with Gasteiger partial charge in [-0.05, 0) is 27.2 Å². The first-order valence-corrected chi connectivity index (χ1v) is 8.03. The summed E-state index contributed by atoms with van der Waals surface area (Å²) in [6.45, 7) is 7.39. The van der Waals surface area contributed by atoms with E-state index < -0.39 is 18.1 Å². The molecule has 1 fully saturated rings. The minimum absolute atomic E-state index is 0.0227. The van der Waals surface area contributed by atoms with Crippen molar-refractivity contribution in [2.24, 2.45) is 0 Å². The topological polar surface area (TPSA) is 117 Å². The van der Waals surface area contributed by atoms with Gasteiger partial charge in [-0.15, -0.1) is 0 Å². The van der Waals surface area contributed by atoms with Gasteiger partial charge in [0.05, 0.1) is 5.69 Å². The summed E-state index contributed by atoms with van der Waals surface area (Å²) in [5.41, 5.74) is 0.655. The van der Waals surface area contributed by atoms with E-state index in [1.807, 2.05) is 20.8 Å². The summed E-state index contributed by atoms with van der Waals surface area (Å²) in [5.74, 6) is -1.25. The summed E-state index contributed by atoms with van der Waals surface area (Å²) < 4.78 is 1.46. The second-order valence-corrected chi connectivity index (χ2v) is 6.09. The second kappa shape index (κ2) is 7.43. The normalized spacial score (nSPS) is 21.8. The molecule has 2 heterocycles. The third-order valence-electron chi connectivity index (χ3n) is 3.77. The molecule has 0 aromatic carbocycles. The maximum absolute atomic E-state index is 12.1. The van der Waals surface area contributed by atoms with Crippen molar-refractivity contribution in [1.82, 2.24) is 25.7 Å². The fourth-order valence-corrected chi connectivity index (χ4v) is 2.36. The highest BCUT2D eigenvalue weighted by Gasteiger charge is 2.27. The number of carbonyl (C=O) groups excluding carboxylic acids is 3. The Morgan fingerprint density at radius 3 is 2.79 bits per heavy atom. The van der Waals surface area contributed by atoms with Crippen LogP contribution in [0.1, 0.15) is 45.6 Å². The van der Waals surface area contributed by atoms with Gasteiger partial charge in [0, 0.05) is 24.6 Å². The average Bonchev–Trinajstić information content (AvgIpc) is 2.86. The van der Waals surface area contributed by atoms with Crippen LogP contribution < -0.4 is 21.3 Å². The number of anilines is 1. The minimum atomic E-state index is -0.772. The first kappa shape index (κ1) is 17.9. The van der Waals surface area contributed by atoms with Crippen LogP contribution >= 0.6 is 0 Å². The second-order valence-electron chi connectivity index (χ2n) is 6.09. The number of hydrogen-bond acceptors (Lipinski definition) is 5. The molecule has 1 aromatic heterocycles. The van der Waals surface area contributed by atoms with E-state index >= 15 is 0 Å². The third-order valence-corrected chi connectivity index (χ3v) is 3.77. The lowest BCUT2D eigenvalue weighted by molar-refractivity contribution is -0.136. The van der Waals surface area contributed by atoms with E-state index in [0.717, 1.165) is 6.42 Å². The van der Waals surface area contributed by atoms with Gasteiger partial charge in [-0.2, -0.15) is 5.10 Å². The lowest BCUT2D eigenvalue weighted by atomic mass is 10.2. The van der Waals surface area contributed by atoms with Gasteiger partial charge in [0.1, 0.15) is 5.82 Å². The summed E-state index contributed by atoms with van der Waals surface area (Å²) in [6, 6.07) is 1.53. The number of nitrogens with zero attached hydrogens (tertiary/aromatic N) is 2. The molecule has 0 aliphatic carbocycles. The smallest absolute Gasteiger partial charge is 0.314 e. The van der Waals surface area contributed by atoms with Crippen molar-refractivity contribution in [2.75, 3.05) is 5.32 Å². The third kappa shape index (κ3) is 4.31. The summed E-state index contributed by atoms with van der Waals surface area (Å²) >= 11 is 0. The maximum atomic E-state index is 12.1. The Kier molecular flexibility index (Phi) is 5.55. The largest absolute Gasteiger partial charge is 0.345 e. The van der Waals surface area contributed by atoms with Crippen LogP contribution in [0.3, 0.4) is 0 Å². The van der Waals surface area contributed by atoms with Crippen molar-refractivity contribution in [2.45, 2.75) is 58.9 Å². The van der Waals surface area contributed by atoms with Gasteiger partial charge in [0.2, 0.25) is 5.91 Å². The van der Waals surface area contributed by atoms with Gasteiger partial charge in [-0.3, -0.25) is 19.7 Å². The molecule has 2 rings (SSSR count). The number of carbonyl (C=O) groups is 3. The number of rotatable bonds is 4. The molecule has 24 heavy (non-hydrogen) atoms. The van der Waals surface area contributed by atoms with Gasteiger partial charge >= 0.3 is 11.8 Å². The van der Waals surface area contributed by atoms with Gasteiger partial charge in [0.25, 0.3) is 0 Å². The molecule has 0 radical (unpaired) electrons. The highest BCUT2D eigenvalue weighted by atomic mass is 16.2. The number of aromatic nitrogens is 2. The molecule has 0 spiro atoms. The van der Waals surface area contributed by atoms with Crippen LogP contribution in [-0.4, -0.2) is 39.6 Å². The first-order valence-electron chi connectivity index (χ1n) is 8.03. The molecule has 0 bridgehead atoms. The molecule has 3 amide bonds. The van der Waals surface area contributed by atoms with Crippen LogP contribution in [0.25, 0.3) is 0 Å². The van der Waals surface area contributed by atoms with Crippen LogP contribution in [-0.2, 0) is 14.4 Å². The predicted octanol–water partition coefficient (Wildman–Crippen LogP) is -0.00118. The van der Waals surface area contributed by atoms with Crippen molar-refractivity contribution in [3.8, 4) is 0 Å². The molecule has 1 aliphatic heterocycles. The first-order chi connectivity index (χ1) is 11.3. The summed E-state index contributed by atoms with van der Waals surface area (Å²) in [7, 11) is 0. The van der Waals surface area contributed by atoms with Crippen LogP contribution in [0.15, 0.2) is 6.07 Å². The molecule has 0 saturated carbocycles. The number of nitrogens with one attached hydrogen (secondary N) is 4. The van der Waals surface area contributed by atoms with Crippen molar-refractivity contribution >= 4 is 23.5 Å². The zero-order valence-corrected chi connectivity index (χ0v) is 14.3. The number of amides is 3. The molecule has 9 heteroatoms. The highest BCUT2D eigenvalue weighted by molar-refractivity contribution is 6.39. The van der Waals surface area contributed by atoms with Gasteiger partial charge in [-0.25, -0.2) is 4.68 Å². The fraction of sp³-hybridized carbons (Fsp3) is 0.600. The SMILES string of the molecule is CCC(C)NC(=O)C(=O)Nc1cc(C)nn1C1NC(=O)CC(C)N1. The van der Waals surface area contributed by atoms with Crippen LogP contribution in [0.5, 0.6) is 0 Å². The Morgan fingerprint density at radius 1 is 1.46 bits per heavy atom. The molecule has 1 saturated heterocycles. The van der Waals surface area contributed by atoms with Crippen molar-refractivity contribution in [1.29, 1.82) is 0 Å². The van der Waals surface area contributed by atoms with E-state index in [1.54, 1.807) is 13.0 Å². The van der Waals surface area contributed by atoms with Crippen molar-refractivity contribution in [3.63, 3.8) is 0 Å². The fourth-order valence-electron chi connectivity index (χ4n) is 2.36. The van der Waals surface area contributed by atoms with E-state index in [9.17, 15) is 14.4 Å². The minimum Gasteiger partial charge on any atom is -0.345 e. The van der Waals surface area contributed by atoms with Crippen molar-refractivity contribution < 1.29 is 14.4 Å². The monoisotopic (exact) mass is 336 g/mol. The Balaban J connectivity index is 2.12. The van der Waals surface area contributed by atoms with Gasteiger partial charge < -0.3 is 16.0 Å². The lowest BCUT2D eigenvalue weighted by Gasteiger charge is -2.30. The Morgan fingerprint density at radius 2 is 2.17 bits per heavy atom. The van der Waals surface area contributed by atoms with E-state index in [-0.39, 0.29) is 18.0 Å². The lowest BCUT2D eigenvalue weighted by Crippen LogP contribution is -2.52. The molecule has 9 nitrogen and oxygen atoms in total. The molecular formula is C15H24N6O3. The maximum Gasteiger partial charge on any atom is 0.314 e. The molecule has 3 atom stereocenters. The standard InChI is InChI=1S/C15H24N6O3/c1-5-8(2)16-13(23)14(24)18-11-6-10(4)20-21(11)15-17-9(3)7-12(22)19-15/h6,8-9,15,17H,5,7H2,1-4H3,(H,16,23)(H,18,24)(H,19,22). The summed E-state index contributed by atoms with van der Waals surface area (Å²) in [4.78, 5) is 35.7. The number of hydrogen-bond donors (Lipinski definition) is 4. The number of aryl methyl sites for hydroxylation is 1.